The van der Waals surface area contributed by atoms with Gasteiger partial charge in [0.2, 0.25) is 0 Å². The molecular weight excluding hydrogens is 298 g/mol. The molecule has 1 aliphatic carbocycles. The molecule has 1 aliphatic heterocycles. The van der Waals surface area contributed by atoms with Crippen LogP contribution in [0.25, 0.3) is 21.5 Å². The van der Waals surface area contributed by atoms with E-state index in [4.69, 9.17) is 0 Å². The third-order valence-electron chi connectivity index (χ3n) is 4.71. The highest BCUT2D eigenvalue weighted by Crippen LogP contribution is 2.33. The maximum absolute atomic E-state index is 3.03. The molecule has 2 heteroatoms. The molecule has 3 aromatic rings. The molecule has 0 amide bonds. The quantitative estimate of drug-likeness (QED) is 0.426. The van der Waals surface area contributed by atoms with Crippen LogP contribution in [0.2, 0.25) is 0 Å². The summed E-state index contributed by atoms with van der Waals surface area (Å²) in [4.78, 5) is 0. The van der Waals surface area contributed by atoms with Gasteiger partial charge < -0.3 is 0 Å². The standard InChI is InChI=1S/C18H16.C3H5NS/c1-3-7-15-13(5-1)9-11-18-16-8-4-2-6-14(16)10-12-17(15)18;1-2-4-5-3-1/h1,3,5,7,9-12H,2,4,6,8H2;1,3-4H,2H2. The molecule has 0 aromatic heterocycles. The summed E-state index contributed by atoms with van der Waals surface area (Å²) in [6.07, 6.45) is 7.30. The highest BCUT2D eigenvalue weighted by molar-refractivity contribution is 8.00. The monoisotopic (exact) mass is 319 g/mol. The smallest absolute Gasteiger partial charge is 0.0251 e. The zero-order chi connectivity index (χ0) is 15.5. The van der Waals surface area contributed by atoms with Crippen molar-refractivity contribution in [1.29, 1.82) is 0 Å². The Hall–Kier alpha value is -1.77. The average Bonchev–Trinajstić information content (AvgIpc) is 3.21. The molecule has 1 N–H and O–H groups in total. The Labute approximate surface area is 141 Å². The van der Waals surface area contributed by atoms with Crippen LogP contribution >= 0.6 is 11.9 Å². The van der Waals surface area contributed by atoms with Crippen LogP contribution in [0.4, 0.5) is 0 Å². The van der Waals surface area contributed by atoms with Gasteiger partial charge in [-0.3, -0.25) is 4.72 Å². The zero-order valence-corrected chi connectivity index (χ0v) is 14.0. The van der Waals surface area contributed by atoms with Gasteiger partial charge in [0.05, 0.1) is 0 Å². The Morgan fingerprint density at radius 1 is 0.783 bits per heavy atom. The van der Waals surface area contributed by atoms with Crippen molar-refractivity contribution in [2.24, 2.45) is 0 Å². The SMILES string of the molecule is C1=CSNC1.c1ccc2c(c1)ccc1c3c(ccc12)CCCC3. The topological polar surface area (TPSA) is 12.0 Å². The molecule has 0 atom stereocenters. The Kier molecular flexibility index (Phi) is 4.36. The third kappa shape index (κ3) is 3.01. The molecule has 1 heterocycles. The fraction of sp³-hybridized carbons (Fsp3) is 0.238. The molecule has 23 heavy (non-hydrogen) atoms. The van der Waals surface area contributed by atoms with Crippen LogP contribution in [0.3, 0.4) is 0 Å². The van der Waals surface area contributed by atoms with Crippen LogP contribution in [0.1, 0.15) is 24.0 Å². The van der Waals surface area contributed by atoms with Gasteiger partial charge in [-0.05, 0) is 63.8 Å². The van der Waals surface area contributed by atoms with Crippen LogP contribution < -0.4 is 4.72 Å². The second-order valence-corrected chi connectivity index (χ2v) is 6.93. The first-order valence-electron chi connectivity index (χ1n) is 8.39. The summed E-state index contributed by atoms with van der Waals surface area (Å²) in [5.74, 6) is 0. The molecule has 2 aliphatic rings. The number of hydrogen-bond acceptors (Lipinski definition) is 2. The van der Waals surface area contributed by atoms with Crippen molar-refractivity contribution >= 4 is 33.5 Å². The second kappa shape index (κ2) is 6.77. The van der Waals surface area contributed by atoms with E-state index in [9.17, 15) is 0 Å². The highest BCUT2D eigenvalue weighted by Gasteiger charge is 2.13. The first kappa shape index (κ1) is 14.8. The van der Waals surface area contributed by atoms with Gasteiger partial charge >= 0.3 is 0 Å². The minimum absolute atomic E-state index is 1.03. The summed E-state index contributed by atoms with van der Waals surface area (Å²) in [7, 11) is 0. The maximum Gasteiger partial charge on any atom is 0.0251 e. The van der Waals surface area contributed by atoms with E-state index < -0.39 is 0 Å². The molecule has 5 rings (SSSR count). The van der Waals surface area contributed by atoms with Gasteiger partial charge in [0, 0.05) is 6.54 Å². The number of hydrogen-bond donors (Lipinski definition) is 1. The van der Waals surface area contributed by atoms with Gasteiger partial charge in [-0.25, -0.2) is 0 Å². The van der Waals surface area contributed by atoms with E-state index in [-0.39, 0.29) is 0 Å². The first-order valence-corrected chi connectivity index (χ1v) is 9.27. The van der Waals surface area contributed by atoms with E-state index in [1.807, 2.05) is 5.41 Å². The lowest BCUT2D eigenvalue weighted by Gasteiger charge is -2.18. The summed E-state index contributed by atoms with van der Waals surface area (Å²) in [5, 5.41) is 7.68. The van der Waals surface area contributed by atoms with E-state index in [2.05, 4.69) is 59.3 Å². The molecule has 0 fully saturated rings. The number of aryl methyl sites for hydroxylation is 2. The van der Waals surface area contributed by atoms with Crippen LogP contribution in [0.15, 0.2) is 60.0 Å². The number of rotatable bonds is 0. The molecule has 0 radical (unpaired) electrons. The summed E-state index contributed by atoms with van der Waals surface area (Å²) in [6, 6.07) is 18.0. The van der Waals surface area contributed by atoms with Gasteiger partial charge in [0.1, 0.15) is 0 Å². The molecule has 0 spiro atoms. The first-order chi connectivity index (χ1) is 11.4. The lowest BCUT2D eigenvalue weighted by atomic mass is 9.86. The van der Waals surface area contributed by atoms with E-state index in [1.165, 1.54) is 47.2 Å². The Balaban J connectivity index is 0.000000233. The molecular formula is C21H21NS. The van der Waals surface area contributed by atoms with Gasteiger partial charge in [0.15, 0.2) is 0 Å². The lowest BCUT2D eigenvalue weighted by Crippen LogP contribution is -2.02. The van der Waals surface area contributed by atoms with Gasteiger partial charge in [-0.15, -0.1) is 0 Å². The number of nitrogens with one attached hydrogen (secondary N) is 1. The van der Waals surface area contributed by atoms with Crippen molar-refractivity contribution in [2.75, 3.05) is 6.54 Å². The van der Waals surface area contributed by atoms with E-state index in [0.29, 0.717) is 0 Å². The van der Waals surface area contributed by atoms with E-state index >= 15 is 0 Å². The summed E-state index contributed by atoms with van der Waals surface area (Å²) < 4.78 is 3.03. The second-order valence-electron chi connectivity index (χ2n) is 6.13. The molecule has 1 nitrogen and oxygen atoms in total. The molecule has 0 bridgehead atoms. The van der Waals surface area contributed by atoms with Crippen LogP contribution in [-0.2, 0) is 12.8 Å². The van der Waals surface area contributed by atoms with Gasteiger partial charge in [0.25, 0.3) is 0 Å². The van der Waals surface area contributed by atoms with Crippen molar-refractivity contribution < 1.29 is 0 Å². The number of benzene rings is 3. The summed E-state index contributed by atoms with van der Waals surface area (Å²) in [5.41, 5.74) is 3.17. The molecule has 0 unspecified atom stereocenters. The predicted octanol–water partition coefficient (Wildman–Crippen LogP) is 5.62. The normalized spacial score (nSPS) is 16.2. The Bertz CT molecular complexity index is 860. The van der Waals surface area contributed by atoms with Crippen LogP contribution in [0.5, 0.6) is 0 Å². The fourth-order valence-corrected chi connectivity index (χ4v) is 4.06. The molecule has 116 valence electrons. The summed E-state index contributed by atoms with van der Waals surface area (Å²) >= 11 is 1.64. The Morgan fingerprint density at radius 2 is 1.65 bits per heavy atom. The number of fused-ring (bicyclic) bond motifs is 5. The molecule has 0 saturated carbocycles. The largest absolute Gasteiger partial charge is 0.257 e. The predicted molar refractivity (Wildman–Crippen MR) is 103 cm³/mol. The minimum Gasteiger partial charge on any atom is -0.257 e. The van der Waals surface area contributed by atoms with E-state index in [1.54, 1.807) is 23.1 Å². The van der Waals surface area contributed by atoms with Crippen molar-refractivity contribution in [3.63, 3.8) is 0 Å². The fourth-order valence-electron chi connectivity index (χ4n) is 3.58. The highest BCUT2D eigenvalue weighted by atomic mass is 32.2. The van der Waals surface area contributed by atoms with Crippen molar-refractivity contribution in [3.05, 3.63) is 71.1 Å². The van der Waals surface area contributed by atoms with Crippen molar-refractivity contribution in [2.45, 2.75) is 25.7 Å². The Morgan fingerprint density at radius 3 is 2.48 bits per heavy atom. The lowest BCUT2D eigenvalue weighted by molar-refractivity contribution is 0.690. The zero-order valence-electron chi connectivity index (χ0n) is 13.2. The maximum atomic E-state index is 3.03. The minimum atomic E-state index is 1.03. The average molecular weight is 319 g/mol. The van der Waals surface area contributed by atoms with Crippen molar-refractivity contribution in [3.8, 4) is 0 Å². The molecule has 3 aromatic carbocycles. The summed E-state index contributed by atoms with van der Waals surface area (Å²) in [6.45, 7) is 1.03. The van der Waals surface area contributed by atoms with Crippen molar-refractivity contribution in [1.82, 2.24) is 4.72 Å². The third-order valence-corrected chi connectivity index (χ3v) is 5.37. The van der Waals surface area contributed by atoms with Crippen LogP contribution in [-0.4, -0.2) is 6.54 Å². The van der Waals surface area contributed by atoms with E-state index in [0.717, 1.165) is 6.54 Å². The van der Waals surface area contributed by atoms with Gasteiger partial charge in [-0.2, -0.15) is 0 Å². The van der Waals surface area contributed by atoms with Crippen LogP contribution in [0, 0.1) is 0 Å². The molecule has 0 saturated heterocycles. The van der Waals surface area contributed by atoms with Gasteiger partial charge in [-0.1, -0.05) is 66.6 Å².